The van der Waals surface area contributed by atoms with Crippen molar-refractivity contribution in [2.24, 2.45) is 10.9 Å². The van der Waals surface area contributed by atoms with E-state index >= 15 is 0 Å². The first-order valence-electron chi connectivity index (χ1n) is 22.6. The number of esters is 1. The molecule has 2 aromatic heterocycles. The zero-order chi connectivity index (χ0) is 41.8. The highest BCUT2D eigenvalue weighted by Gasteiger charge is 2.83. The Kier molecular flexibility index (Phi) is 17.1. The van der Waals surface area contributed by atoms with E-state index < -0.39 is 25.9 Å². The van der Waals surface area contributed by atoms with Crippen LogP contribution in [0.25, 0.3) is 11.2 Å². The van der Waals surface area contributed by atoms with Crippen LogP contribution in [-0.2, 0) is 28.3 Å². The molecule has 0 radical (unpaired) electrons. The van der Waals surface area contributed by atoms with Crippen LogP contribution in [0.3, 0.4) is 0 Å². The van der Waals surface area contributed by atoms with Crippen LogP contribution in [0.2, 0.25) is 18.1 Å². The van der Waals surface area contributed by atoms with Gasteiger partial charge in [0.1, 0.15) is 18.0 Å². The fraction of sp³-hybridized carbons (Fsp3) is 0.841. The number of rotatable bonds is 29. The zero-order valence-electron chi connectivity index (χ0n) is 37.6. The van der Waals surface area contributed by atoms with Crippen molar-refractivity contribution in [3.05, 3.63) is 12.7 Å². The number of carbonyl (C=O) groups excluding carboxylic acids is 1. The molecule has 2 saturated heterocycles. The number of methoxy groups -OCH3 is 1. The smallest absolute Gasteiger partial charge is 0.305 e. The van der Waals surface area contributed by atoms with Gasteiger partial charge in [0.2, 0.25) is 0 Å². The quantitative estimate of drug-likeness (QED) is 0.0194. The van der Waals surface area contributed by atoms with Gasteiger partial charge in [-0.15, -0.1) is 0 Å². The number of hydrogen-bond acceptors (Lipinski definition) is 11. The van der Waals surface area contributed by atoms with E-state index in [-0.39, 0.29) is 23.0 Å². The van der Waals surface area contributed by atoms with Gasteiger partial charge in [0, 0.05) is 40.0 Å². The molecule has 0 amide bonds. The maximum Gasteiger partial charge on any atom is 0.305 e. The fourth-order valence-electron chi connectivity index (χ4n) is 8.59. The molecular formula is C44H77N7O6Si. The molecule has 0 bridgehead atoms. The van der Waals surface area contributed by atoms with Crippen LogP contribution >= 0.6 is 0 Å². The van der Waals surface area contributed by atoms with Crippen molar-refractivity contribution in [1.29, 1.82) is 0 Å². The number of carbonyl (C=O) groups is 1. The minimum Gasteiger partial charge on any atom is -0.469 e. The molecule has 3 fully saturated rings. The predicted molar refractivity (Wildman–Crippen MR) is 232 cm³/mol. The summed E-state index contributed by atoms with van der Waals surface area (Å²) in [5, 5.41) is 2.28. The molecule has 0 N–H and O–H groups in total. The van der Waals surface area contributed by atoms with Gasteiger partial charge in [0.15, 0.2) is 37.3 Å². The molecule has 5 rings (SSSR count). The highest BCUT2D eigenvalue weighted by atomic mass is 28.4. The van der Waals surface area contributed by atoms with E-state index in [1.54, 1.807) is 12.7 Å². The summed E-state index contributed by atoms with van der Waals surface area (Å²) in [5.74, 6) is -0.176. The summed E-state index contributed by atoms with van der Waals surface area (Å²) in [5.41, 5.74) is 0.775. The minimum atomic E-state index is -2.15. The van der Waals surface area contributed by atoms with Gasteiger partial charge in [0.25, 0.3) is 0 Å². The molecule has 2 aromatic rings. The Morgan fingerprint density at radius 1 is 0.914 bits per heavy atom. The SMILES string of the molecule is CCCCCCN(CCCCCCCCCCCCCCCC(=O)OC)OC[C@]12CC3(O[Si](C)(C)C(C)(C)C)OC(C31)[C@H](n1cnc3c(/N=C\N(C)C)ncnc31)O2. The first-order chi connectivity index (χ1) is 27.8. The van der Waals surface area contributed by atoms with Crippen molar-refractivity contribution in [3.63, 3.8) is 0 Å². The average molecular weight is 828 g/mol. The molecular weight excluding hydrogens is 751 g/mol. The van der Waals surface area contributed by atoms with Crippen molar-refractivity contribution in [2.75, 3.05) is 40.9 Å². The minimum absolute atomic E-state index is 0.0459. The lowest BCUT2D eigenvalue weighted by atomic mass is 9.59. The van der Waals surface area contributed by atoms with E-state index in [9.17, 15) is 4.79 Å². The topological polar surface area (TPSA) is 126 Å². The van der Waals surface area contributed by atoms with E-state index in [0.29, 0.717) is 36.4 Å². The molecule has 3 unspecified atom stereocenters. The second-order valence-electron chi connectivity index (χ2n) is 18.9. The molecule has 14 heteroatoms. The molecule has 328 valence electrons. The third kappa shape index (κ3) is 11.7. The summed E-state index contributed by atoms with van der Waals surface area (Å²) >= 11 is 0. The zero-order valence-corrected chi connectivity index (χ0v) is 38.6. The number of nitrogens with zero attached hydrogens (tertiary/aromatic N) is 7. The van der Waals surface area contributed by atoms with Crippen LogP contribution in [0.15, 0.2) is 17.6 Å². The van der Waals surface area contributed by atoms with Gasteiger partial charge >= 0.3 is 5.97 Å². The van der Waals surface area contributed by atoms with Crippen LogP contribution < -0.4 is 0 Å². The second-order valence-corrected chi connectivity index (χ2v) is 23.6. The molecule has 13 nitrogen and oxygen atoms in total. The number of hydrogen-bond donors (Lipinski definition) is 0. The number of aliphatic imine (C=N–C) groups is 1. The Hall–Kier alpha value is -2.49. The van der Waals surface area contributed by atoms with Crippen molar-refractivity contribution in [1.82, 2.24) is 29.5 Å². The third-order valence-corrected chi connectivity index (χ3v) is 17.4. The second kappa shape index (κ2) is 21.3. The van der Waals surface area contributed by atoms with Crippen LogP contribution in [-0.4, -0.2) is 109 Å². The number of hydroxylamine groups is 2. The molecule has 1 aliphatic carbocycles. The normalized spacial score (nSPS) is 24.1. The van der Waals surface area contributed by atoms with Crippen molar-refractivity contribution in [2.45, 2.75) is 192 Å². The molecule has 58 heavy (non-hydrogen) atoms. The van der Waals surface area contributed by atoms with Gasteiger partial charge in [-0.1, -0.05) is 118 Å². The molecule has 0 aromatic carbocycles. The van der Waals surface area contributed by atoms with Gasteiger partial charge in [-0.05, 0) is 37.4 Å². The van der Waals surface area contributed by atoms with Gasteiger partial charge in [-0.25, -0.2) is 19.9 Å². The van der Waals surface area contributed by atoms with Gasteiger partial charge in [-0.3, -0.25) is 14.2 Å². The molecule has 1 saturated carbocycles. The van der Waals surface area contributed by atoms with Gasteiger partial charge in [-0.2, -0.15) is 5.06 Å². The number of aromatic nitrogens is 4. The Morgan fingerprint density at radius 3 is 2.10 bits per heavy atom. The molecule has 5 atom stereocenters. The largest absolute Gasteiger partial charge is 0.469 e. The summed E-state index contributed by atoms with van der Waals surface area (Å²) in [6.07, 6.45) is 26.6. The summed E-state index contributed by atoms with van der Waals surface area (Å²) in [4.78, 5) is 38.2. The highest BCUT2D eigenvalue weighted by molar-refractivity contribution is 6.74. The van der Waals surface area contributed by atoms with Gasteiger partial charge in [0.05, 0.1) is 32.3 Å². The average Bonchev–Trinajstić information content (AvgIpc) is 3.64. The summed E-state index contributed by atoms with van der Waals surface area (Å²) in [7, 11) is 3.17. The Labute approximate surface area is 350 Å². The lowest BCUT2D eigenvalue weighted by Crippen LogP contribution is -2.80. The van der Waals surface area contributed by atoms with E-state index in [1.807, 2.05) is 23.6 Å². The Balaban J connectivity index is 1.14. The number of imidazole rings is 1. The fourth-order valence-corrected chi connectivity index (χ4v) is 10.0. The van der Waals surface area contributed by atoms with Crippen LogP contribution in [0.5, 0.6) is 0 Å². The van der Waals surface area contributed by atoms with E-state index in [0.717, 1.165) is 38.8 Å². The van der Waals surface area contributed by atoms with Crippen LogP contribution in [0.1, 0.15) is 156 Å². The molecule has 2 aliphatic heterocycles. The first kappa shape index (κ1) is 46.6. The summed E-state index contributed by atoms with van der Waals surface area (Å²) in [6.45, 7) is 16.0. The van der Waals surface area contributed by atoms with E-state index in [2.05, 4.69) is 60.8 Å². The van der Waals surface area contributed by atoms with Crippen molar-refractivity contribution >= 4 is 37.6 Å². The van der Waals surface area contributed by atoms with E-state index in [1.165, 1.54) is 96.9 Å². The monoisotopic (exact) mass is 828 g/mol. The highest BCUT2D eigenvalue weighted by Crippen LogP contribution is 2.71. The van der Waals surface area contributed by atoms with Gasteiger partial charge < -0.3 is 23.5 Å². The Bertz CT molecular complexity index is 1600. The maximum absolute atomic E-state index is 11.2. The lowest BCUT2D eigenvalue weighted by Gasteiger charge is -2.67. The first-order valence-corrected chi connectivity index (χ1v) is 25.6. The number of fused-ring (bicyclic) bond motifs is 1. The van der Waals surface area contributed by atoms with E-state index in [4.69, 9.17) is 28.5 Å². The van der Waals surface area contributed by atoms with Crippen molar-refractivity contribution < 1.29 is 28.3 Å². The van der Waals surface area contributed by atoms with Crippen molar-refractivity contribution in [3.8, 4) is 0 Å². The third-order valence-electron chi connectivity index (χ3n) is 12.9. The Morgan fingerprint density at radius 2 is 1.52 bits per heavy atom. The van der Waals surface area contributed by atoms with Crippen LogP contribution in [0, 0.1) is 5.92 Å². The molecule has 4 heterocycles. The van der Waals surface area contributed by atoms with Crippen LogP contribution in [0.4, 0.5) is 5.82 Å². The maximum atomic E-state index is 11.2. The number of ether oxygens (including phenoxy) is 3. The predicted octanol–water partition coefficient (Wildman–Crippen LogP) is 9.90. The molecule has 3 aliphatic rings. The molecule has 0 spiro atoms. The lowest BCUT2D eigenvalue weighted by molar-refractivity contribution is -0.431. The summed E-state index contributed by atoms with van der Waals surface area (Å²) in [6, 6.07) is 0. The number of unbranched alkanes of at least 4 members (excludes halogenated alkanes) is 15. The standard InChI is InChI=1S/C44H77N7O6Si/c1-10-11-12-25-28-50(29-26-23-21-19-17-15-13-14-16-18-20-22-24-27-35(52)53-7)54-31-43-30-44(57-58(8,9)42(2,3)4)38(43)37(55-44)41(56-43)51-34-47-36-39(48-33-49(5)6)45-32-46-40(36)51/h32-34,37-38,41H,10-31H2,1-9H3/b48-33-/t37?,38?,41-,43-,44?/m1/s1. The summed E-state index contributed by atoms with van der Waals surface area (Å²) < 4.78 is 27.7.